The first-order chi connectivity index (χ1) is 16.4. The second-order valence-electron chi connectivity index (χ2n) is 11.8. The first-order valence-corrected chi connectivity index (χ1v) is 11.9. The molecule has 0 N–H and O–H groups in total. The Morgan fingerprint density at radius 1 is 0.556 bits per heavy atom. The summed E-state index contributed by atoms with van der Waals surface area (Å²) >= 11 is 0. The number of benzene rings is 3. The van der Waals surface area contributed by atoms with Crippen molar-refractivity contribution in [2.45, 2.75) is 77.6 Å². The van der Waals surface area contributed by atoms with E-state index in [0.29, 0.717) is 0 Å². The Bertz CT molecular complexity index is 1260. The molecule has 0 fully saturated rings. The lowest BCUT2D eigenvalue weighted by atomic mass is 9.76. The molecule has 194 valence electrons. The molecule has 0 aromatic heterocycles. The van der Waals surface area contributed by atoms with Crippen molar-refractivity contribution in [2.75, 3.05) is 0 Å². The summed E-state index contributed by atoms with van der Waals surface area (Å²) in [4.78, 5) is 0. The van der Waals surface area contributed by atoms with Crippen LogP contribution in [0, 0.1) is 34.9 Å². The van der Waals surface area contributed by atoms with E-state index >= 15 is 8.78 Å². The zero-order valence-corrected chi connectivity index (χ0v) is 21.7. The highest BCUT2D eigenvalue weighted by Crippen LogP contribution is 2.36. The SMILES string of the molecule is CC(C)(C)c1cc(F)c(CC(C)(C)c2cc(F)c(CC(C)(C)c3cccc(F)c3F)c(F)c2)cc1F. The largest absolute Gasteiger partial charge is 0.207 e. The van der Waals surface area contributed by atoms with Gasteiger partial charge in [-0.1, -0.05) is 60.6 Å². The normalized spacial score (nSPS) is 12.8. The summed E-state index contributed by atoms with van der Waals surface area (Å²) in [7, 11) is 0. The molecule has 0 unspecified atom stereocenters. The molecule has 0 saturated heterocycles. The van der Waals surface area contributed by atoms with Crippen molar-refractivity contribution in [1.82, 2.24) is 0 Å². The molecule has 0 saturated carbocycles. The van der Waals surface area contributed by atoms with E-state index < -0.39 is 51.1 Å². The van der Waals surface area contributed by atoms with Crippen molar-refractivity contribution in [3.8, 4) is 0 Å². The van der Waals surface area contributed by atoms with Gasteiger partial charge in [0.05, 0.1) is 0 Å². The van der Waals surface area contributed by atoms with Gasteiger partial charge >= 0.3 is 0 Å². The van der Waals surface area contributed by atoms with E-state index in [1.165, 1.54) is 30.3 Å². The number of rotatable bonds is 6. The van der Waals surface area contributed by atoms with Crippen LogP contribution in [0.25, 0.3) is 0 Å². The van der Waals surface area contributed by atoms with Gasteiger partial charge < -0.3 is 0 Å². The molecule has 0 atom stereocenters. The predicted octanol–water partition coefficient (Wildman–Crippen LogP) is 8.86. The topological polar surface area (TPSA) is 0 Å². The van der Waals surface area contributed by atoms with Crippen LogP contribution in [0.5, 0.6) is 0 Å². The minimum Gasteiger partial charge on any atom is -0.207 e. The second-order valence-corrected chi connectivity index (χ2v) is 11.8. The molecular formula is C30H32F6. The van der Waals surface area contributed by atoms with Gasteiger partial charge in [-0.25, -0.2) is 26.3 Å². The highest BCUT2D eigenvalue weighted by atomic mass is 19.2. The van der Waals surface area contributed by atoms with E-state index in [2.05, 4.69) is 0 Å². The lowest BCUT2D eigenvalue weighted by Crippen LogP contribution is -2.26. The minimum atomic E-state index is -1.10. The van der Waals surface area contributed by atoms with Crippen LogP contribution >= 0.6 is 0 Å². The van der Waals surface area contributed by atoms with Crippen molar-refractivity contribution >= 4 is 0 Å². The molecule has 3 aromatic rings. The molecule has 6 heteroatoms. The predicted molar refractivity (Wildman–Crippen MR) is 131 cm³/mol. The fourth-order valence-corrected chi connectivity index (χ4v) is 4.60. The van der Waals surface area contributed by atoms with Crippen LogP contribution in [-0.4, -0.2) is 0 Å². The third kappa shape index (κ3) is 5.63. The smallest absolute Gasteiger partial charge is 0.162 e. The maximum Gasteiger partial charge on any atom is 0.162 e. The van der Waals surface area contributed by atoms with Crippen LogP contribution in [-0.2, 0) is 29.1 Å². The molecule has 0 spiro atoms. The number of halogens is 6. The Morgan fingerprint density at radius 2 is 1.14 bits per heavy atom. The standard InChI is InChI=1S/C30H32F6/c1-28(2,3)21-14-23(32)17(11-26(21)35)15-29(4,5)18-12-24(33)19(25(34)13-18)16-30(6,7)20-9-8-10-22(31)27(20)36/h8-14H,15-16H2,1-7H3. The number of hydrogen-bond acceptors (Lipinski definition) is 0. The van der Waals surface area contributed by atoms with E-state index in [9.17, 15) is 17.6 Å². The number of hydrogen-bond donors (Lipinski definition) is 0. The summed E-state index contributed by atoms with van der Waals surface area (Å²) in [5.41, 5.74) is -2.21. The minimum absolute atomic E-state index is 0.0123. The summed E-state index contributed by atoms with van der Waals surface area (Å²) in [6, 6.07) is 8.41. The van der Waals surface area contributed by atoms with Crippen LogP contribution in [0.4, 0.5) is 26.3 Å². The third-order valence-electron chi connectivity index (χ3n) is 6.80. The summed E-state index contributed by atoms with van der Waals surface area (Å²) < 4.78 is 88.0. The van der Waals surface area contributed by atoms with Crippen molar-refractivity contribution in [1.29, 1.82) is 0 Å². The fraction of sp³-hybridized carbons (Fsp3) is 0.400. The molecule has 0 aliphatic heterocycles. The zero-order chi connectivity index (χ0) is 27.2. The molecular weight excluding hydrogens is 474 g/mol. The van der Waals surface area contributed by atoms with Crippen molar-refractivity contribution in [3.05, 3.63) is 105 Å². The van der Waals surface area contributed by atoms with Crippen molar-refractivity contribution < 1.29 is 26.3 Å². The Labute approximate surface area is 209 Å². The van der Waals surface area contributed by atoms with Gasteiger partial charge in [-0.3, -0.25) is 0 Å². The second kappa shape index (κ2) is 9.60. The van der Waals surface area contributed by atoms with Crippen LogP contribution in [0.1, 0.15) is 76.3 Å². The van der Waals surface area contributed by atoms with E-state index in [1.54, 1.807) is 48.5 Å². The maximum atomic E-state index is 15.2. The van der Waals surface area contributed by atoms with E-state index in [1.807, 2.05) is 0 Å². The molecule has 0 aliphatic rings. The Balaban J connectivity index is 1.93. The summed E-state index contributed by atoms with van der Waals surface area (Å²) in [6.07, 6.45) is -0.196. The van der Waals surface area contributed by atoms with Gasteiger partial charge in [0, 0.05) is 5.56 Å². The van der Waals surface area contributed by atoms with Gasteiger partial charge in [0.2, 0.25) is 0 Å². The van der Waals surface area contributed by atoms with Gasteiger partial charge in [0.15, 0.2) is 11.6 Å². The first-order valence-electron chi connectivity index (χ1n) is 11.9. The zero-order valence-electron chi connectivity index (χ0n) is 21.7. The van der Waals surface area contributed by atoms with Gasteiger partial charge in [-0.15, -0.1) is 0 Å². The van der Waals surface area contributed by atoms with Crippen LogP contribution < -0.4 is 0 Å². The Kier molecular flexibility index (Phi) is 7.42. The maximum absolute atomic E-state index is 15.2. The Morgan fingerprint density at radius 3 is 1.69 bits per heavy atom. The lowest BCUT2D eigenvalue weighted by Gasteiger charge is -2.29. The molecule has 0 radical (unpaired) electrons. The quantitative estimate of drug-likeness (QED) is 0.293. The first kappa shape index (κ1) is 27.8. The van der Waals surface area contributed by atoms with Crippen LogP contribution in [0.2, 0.25) is 0 Å². The molecule has 3 rings (SSSR count). The van der Waals surface area contributed by atoms with Crippen LogP contribution in [0.15, 0.2) is 42.5 Å². The summed E-state index contributed by atoms with van der Waals surface area (Å²) in [6.45, 7) is 11.9. The van der Waals surface area contributed by atoms with E-state index in [4.69, 9.17) is 0 Å². The van der Waals surface area contributed by atoms with Gasteiger partial charge in [-0.2, -0.15) is 0 Å². The molecule has 0 nitrogen and oxygen atoms in total. The van der Waals surface area contributed by atoms with E-state index in [-0.39, 0.29) is 40.7 Å². The lowest BCUT2D eigenvalue weighted by molar-refractivity contribution is 0.427. The molecule has 0 heterocycles. The molecule has 0 aliphatic carbocycles. The Hall–Kier alpha value is -2.76. The third-order valence-corrected chi connectivity index (χ3v) is 6.80. The van der Waals surface area contributed by atoms with Crippen LogP contribution in [0.3, 0.4) is 0 Å². The van der Waals surface area contributed by atoms with Gasteiger partial charge in [-0.05, 0) is 81.7 Å². The monoisotopic (exact) mass is 506 g/mol. The molecule has 36 heavy (non-hydrogen) atoms. The molecule has 3 aromatic carbocycles. The summed E-state index contributed by atoms with van der Waals surface area (Å²) in [5, 5.41) is 0. The summed E-state index contributed by atoms with van der Waals surface area (Å²) in [5.74, 6) is -4.86. The average Bonchev–Trinajstić information content (AvgIpc) is 2.73. The average molecular weight is 507 g/mol. The highest BCUT2D eigenvalue weighted by Gasteiger charge is 2.31. The fourth-order valence-electron chi connectivity index (χ4n) is 4.60. The van der Waals surface area contributed by atoms with Crippen molar-refractivity contribution in [3.63, 3.8) is 0 Å². The van der Waals surface area contributed by atoms with Gasteiger partial charge in [0.1, 0.15) is 23.3 Å². The van der Waals surface area contributed by atoms with E-state index in [0.717, 1.165) is 12.1 Å². The highest BCUT2D eigenvalue weighted by molar-refractivity contribution is 5.37. The molecule has 0 bridgehead atoms. The molecule has 0 amide bonds. The van der Waals surface area contributed by atoms with Gasteiger partial charge in [0.25, 0.3) is 0 Å². The van der Waals surface area contributed by atoms with Crippen molar-refractivity contribution in [2.24, 2.45) is 0 Å².